The van der Waals surface area contributed by atoms with Crippen molar-refractivity contribution in [1.29, 1.82) is 0 Å². The molecular formula is C11H18O4. The summed E-state index contributed by atoms with van der Waals surface area (Å²) in [4.78, 5) is 16.2. The zero-order chi connectivity index (χ0) is 11.8. The van der Waals surface area contributed by atoms with Gasteiger partial charge in [-0.2, -0.15) is 9.59 Å². The first-order chi connectivity index (χ1) is 7.15. The summed E-state index contributed by atoms with van der Waals surface area (Å²) in [6, 6.07) is 0. The summed E-state index contributed by atoms with van der Waals surface area (Å²) in [5.41, 5.74) is 1.38. The minimum absolute atomic E-state index is 0.176. The van der Waals surface area contributed by atoms with Crippen molar-refractivity contribution in [3.05, 3.63) is 11.6 Å². The van der Waals surface area contributed by atoms with Gasteiger partial charge in [-0.3, -0.25) is 0 Å². The maximum absolute atomic E-state index is 8.12. The largest absolute Gasteiger partial charge is 0.378 e. The molecule has 0 amide bonds. The van der Waals surface area contributed by atoms with Crippen LogP contribution in [0.4, 0.5) is 0 Å². The van der Waals surface area contributed by atoms with Crippen LogP contribution in [0.1, 0.15) is 20.3 Å². The second-order valence-corrected chi connectivity index (χ2v) is 3.44. The van der Waals surface area contributed by atoms with Crippen LogP contribution in [0.5, 0.6) is 0 Å². The standard InChI is InChI=1S/C10H18O2.CO2/c1-5-8-7(2)6-9(11-3)10(8)12-4;2-1-3/h5,7,9-10H,6H2,1-4H3;/b8-5+;/t7-,9-,10+;/m1./s1. The molecule has 0 unspecified atom stereocenters. The van der Waals surface area contributed by atoms with Gasteiger partial charge < -0.3 is 9.47 Å². The number of rotatable bonds is 2. The van der Waals surface area contributed by atoms with E-state index in [-0.39, 0.29) is 18.4 Å². The summed E-state index contributed by atoms with van der Waals surface area (Å²) in [6.45, 7) is 4.29. The van der Waals surface area contributed by atoms with E-state index in [4.69, 9.17) is 19.1 Å². The van der Waals surface area contributed by atoms with E-state index in [1.165, 1.54) is 5.57 Å². The molecule has 86 valence electrons. The topological polar surface area (TPSA) is 52.6 Å². The molecule has 0 aromatic carbocycles. The molecule has 1 saturated carbocycles. The Morgan fingerprint density at radius 3 is 2.20 bits per heavy atom. The van der Waals surface area contributed by atoms with E-state index in [0.29, 0.717) is 5.92 Å². The van der Waals surface area contributed by atoms with Crippen molar-refractivity contribution in [2.24, 2.45) is 5.92 Å². The first kappa shape index (κ1) is 14.0. The quantitative estimate of drug-likeness (QED) is 0.652. The van der Waals surface area contributed by atoms with Crippen LogP contribution in [0.3, 0.4) is 0 Å². The van der Waals surface area contributed by atoms with Crippen LogP contribution in [0.2, 0.25) is 0 Å². The normalized spacial score (nSPS) is 32.0. The molecule has 4 nitrogen and oxygen atoms in total. The minimum atomic E-state index is 0.176. The Bertz CT molecular complexity index is 241. The van der Waals surface area contributed by atoms with Gasteiger partial charge >= 0.3 is 6.15 Å². The Morgan fingerprint density at radius 2 is 1.87 bits per heavy atom. The van der Waals surface area contributed by atoms with Crippen LogP contribution in [-0.2, 0) is 19.1 Å². The van der Waals surface area contributed by atoms with Gasteiger partial charge in [0.15, 0.2) is 0 Å². The molecule has 0 saturated heterocycles. The Kier molecular flexibility index (Phi) is 6.88. The van der Waals surface area contributed by atoms with Crippen LogP contribution in [0, 0.1) is 5.92 Å². The fourth-order valence-corrected chi connectivity index (χ4v) is 2.06. The molecule has 0 aromatic heterocycles. The Morgan fingerprint density at radius 1 is 1.33 bits per heavy atom. The molecule has 1 aliphatic rings. The van der Waals surface area contributed by atoms with Crippen LogP contribution < -0.4 is 0 Å². The van der Waals surface area contributed by atoms with Gasteiger partial charge in [-0.1, -0.05) is 13.0 Å². The molecule has 1 fully saturated rings. The fourth-order valence-electron chi connectivity index (χ4n) is 2.06. The van der Waals surface area contributed by atoms with Crippen molar-refractivity contribution in [2.45, 2.75) is 32.5 Å². The molecule has 0 radical (unpaired) electrons. The SMILES string of the molecule is C/C=C1\[C@H](C)C[C@@H](OC)[C@H]1OC.O=C=O. The molecule has 0 heterocycles. The van der Waals surface area contributed by atoms with Crippen LogP contribution >= 0.6 is 0 Å². The van der Waals surface area contributed by atoms with Crippen LogP contribution in [-0.4, -0.2) is 32.6 Å². The predicted molar refractivity (Wildman–Crippen MR) is 54.1 cm³/mol. The summed E-state index contributed by atoms with van der Waals surface area (Å²) >= 11 is 0. The second kappa shape index (κ2) is 7.35. The van der Waals surface area contributed by atoms with Crippen molar-refractivity contribution in [3.8, 4) is 0 Å². The summed E-state index contributed by atoms with van der Waals surface area (Å²) < 4.78 is 10.7. The van der Waals surface area contributed by atoms with Gasteiger partial charge in [-0.05, 0) is 24.8 Å². The first-order valence-corrected chi connectivity index (χ1v) is 4.87. The smallest absolute Gasteiger partial charge is 0.373 e. The van der Waals surface area contributed by atoms with Gasteiger partial charge in [0.1, 0.15) is 6.10 Å². The third kappa shape index (κ3) is 3.59. The molecule has 4 heteroatoms. The third-order valence-corrected chi connectivity index (χ3v) is 2.71. The van der Waals surface area contributed by atoms with Crippen LogP contribution in [0.15, 0.2) is 11.6 Å². The van der Waals surface area contributed by atoms with Crippen molar-refractivity contribution in [2.75, 3.05) is 14.2 Å². The van der Waals surface area contributed by atoms with Crippen molar-refractivity contribution >= 4 is 6.15 Å². The van der Waals surface area contributed by atoms with E-state index >= 15 is 0 Å². The lowest BCUT2D eigenvalue weighted by molar-refractivity contribution is -0.191. The van der Waals surface area contributed by atoms with Crippen molar-refractivity contribution in [1.82, 2.24) is 0 Å². The lowest BCUT2D eigenvalue weighted by atomic mass is 10.0. The van der Waals surface area contributed by atoms with Gasteiger partial charge in [0, 0.05) is 14.2 Å². The number of allylic oxidation sites excluding steroid dienone is 1. The lowest BCUT2D eigenvalue weighted by Gasteiger charge is -2.17. The van der Waals surface area contributed by atoms with E-state index in [0.717, 1.165) is 6.42 Å². The molecular weight excluding hydrogens is 196 g/mol. The van der Waals surface area contributed by atoms with Crippen molar-refractivity contribution < 1.29 is 19.1 Å². The van der Waals surface area contributed by atoms with E-state index in [2.05, 4.69) is 19.9 Å². The molecule has 1 rings (SSSR count). The molecule has 0 N–H and O–H groups in total. The number of hydrogen-bond donors (Lipinski definition) is 0. The maximum atomic E-state index is 8.12. The average molecular weight is 214 g/mol. The average Bonchev–Trinajstić information content (AvgIpc) is 2.54. The highest BCUT2D eigenvalue weighted by Crippen LogP contribution is 2.34. The molecule has 0 aliphatic heterocycles. The fraction of sp³-hybridized carbons (Fsp3) is 0.727. The Hall–Kier alpha value is -0.960. The van der Waals surface area contributed by atoms with E-state index in [1.807, 2.05) is 0 Å². The summed E-state index contributed by atoms with van der Waals surface area (Å²) in [5, 5.41) is 0. The summed E-state index contributed by atoms with van der Waals surface area (Å²) in [5.74, 6) is 0.602. The zero-order valence-corrected chi connectivity index (χ0v) is 9.65. The highest BCUT2D eigenvalue weighted by molar-refractivity contribution is 5.20. The number of carbonyl (C=O) groups excluding carboxylic acids is 2. The molecule has 3 atom stereocenters. The second-order valence-electron chi connectivity index (χ2n) is 3.44. The number of ether oxygens (including phenoxy) is 2. The van der Waals surface area contributed by atoms with Crippen LogP contribution in [0.25, 0.3) is 0 Å². The first-order valence-electron chi connectivity index (χ1n) is 4.87. The van der Waals surface area contributed by atoms with E-state index < -0.39 is 0 Å². The molecule has 0 spiro atoms. The molecule has 1 aliphatic carbocycles. The number of methoxy groups -OCH3 is 2. The van der Waals surface area contributed by atoms with Crippen molar-refractivity contribution in [3.63, 3.8) is 0 Å². The monoisotopic (exact) mass is 214 g/mol. The predicted octanol–water partition coefficient (Wildman–Crippen LogP) is 1.42. The lowest BCUT2D eigenvalue weighted by Crippen LogP contribution is -2.24. The molecule has 0 aromatic rings. The number of hydrogen-bond acceptors (Lipinski definition) is 4. The van der Waals surface area contributed by atoms with Gasteiger partial charge in [0.25, 0.3) is 0 Å². The highest BCUT2D eigenvalue weighted by Gasteiger charge is 2.36. The zero-order valence-electron chi connectivity index (χ0n) is 9.65. The molecule has 0 bridgehead atoms. The summed E-state index contributed by atoms with van der Waals surface area (Å²) in [7, 11) is 3.50. The third-order valence-electron chi connectivity index (χ3n) is 2.71. The Labute approximate surface area is 90.2 Å². The highest BCUT2D eigenvalue weighted by atomic mass is 16.5. The van der Waals surface area contributed by atoms with Gasteiger partial charge in [-0.15, -0.1) is 0 Å². The van der Waals surface area contributed by atoms with Gasteiger partial charge in [0.05, 0.1) is 6.10 Å². The summed E-state index contributed by atoms with van der Waals surface area (Å²) in [6.07, 6.45) is 3.90. The van der Waals surface area contributed by atoms with E-state index in [1.54, 1.807) is 14.2 Å². The minimum Gasteiger partial charge on any atom is -0.378 e. The maximum Gasteiger partial charge on any atom is 0.373 e. The van der Waals surface area contributed by atoms with Gasteiger partial charge in [-0.25, -0.2) is 0 Å². The van der Waals surface area contributed by atoms with E-state index in [9.17, 15) is 0 Å². The Balaban J connectivity index is 0.000000583. The van der Waals surface area contributed by atoms with Gasteiger partial charge in [0.2, 0.25) is 0 Å². The molecule has 15 heavy (non-hydrogen) atoms.